The highest BCUT2D eigenvalue weighted by Gasteiger charge is 2.14. The van der Waals surface area contributed by atoms with Gasteiger partial charge in [-0.1, -0.05) is 19.9 Å². The summed E-state index contributed by atoms with van der Waals surface area (Å²) in [5, 5.41) is 2.48. The van der Waals surface area contributed by atoms with E-state index in [1.54, 1.807) is 31.2 Å². The maximum absolute atomic E-state index is 13.5. The van der Waals surface area contributed by atoms with Crippen molar-refractivity contribution in [1.29, 1.82) is 0 Å². The van der Waals surface area contributed by atoms with E-state index < -0.39 is 24.3 Å². The second-order valence-corrected chi connectivity index (χ2v) is 6.98. The van der Waals surface area contributed by atoms with Gasteiger partial charge in [0, 0.05) is 5.69 Å². The number of esters is 1. The summed E-state index contributed by atoms with van der Waals surface area (Å²) in [6.07, 6.45) is 0.896. The summed E-state index contributed by atoms with van der Waals surface area (Å²) < 4.78 is 29.5. The Bertz CT molecular complexity index is 866. The molecule has 0 spiro atoms. The number of methoxy groups -OCH3 is 1. The van der Waals surface area contributed by atoms with Gasteiger partial charge in [-0.25, -0.2) is 9.18 Å². The molecule has 0 atom stereocenters. The summed E-state index contributed by atoms with van der Waals surface area (Å²) in [5.74, 6) is -0.225. The van der Waals surface area contributed by atoms with Gasteiger partial charge in [0.1, 0.15) is 5.82 Å². The number of amides is 1. The van der Waals surface area contributed by atoms with Gasteiger partial charge in [0.15, 0.2) is 18.1 Å². The fourth-order valence-electron chi connectivity index (χ4n) is 2.40. The van der Waals surface area contributed by atoms with Crippen LogP contribution in [0.1, 0.15) is 36.2 Å². The van der Waals surface area contributed by atoms with E-state index in [2.05, 4.69) is 19.2 Å². The molecule has 156 valence electrons. The number of carbonyl (C=O) groups is 2. The lowest BCUT2D eigenvalue weighted by Gasteiger charge is -2.13. The van der Waals surface area contributed by atoms with Crippen molar-refractivity contribution in [3.63, 3.8) is 0 Å². The molecule has 0 fully saturated rings. The van der Waals surface area contributed by atoms with Gasteiger partial charge in [-0.3, -0.25) is 4.79 Å². The Morgan fingerprint density at radius 3 is 2.52 bits per heavy atom. The number of hydrogen-bond donors (Lipinski definition) is 1. The third-order valence-corrected chi connectivity index (χ3v) is 4.14. The molecule has 2 rings (SSSR count). The average Bonchev–Trinajstić information content (AvgIpc) is 2.68. The lowest BCUT2D eigenvalue weighted by atomic mass is 10.1. The van der Waals surface area contributed by atoms with Crippen LogP contribution in [0.25, 0.3) is 0 Å². The SMILES string of the molecule is COc1cc(C(=O)OCC(=O)Nc2ccc(C)c(F)c2)ccc1OCCC(C)C. The average molecular weight is 403 g/mol. The standard InChI is InChI=1S/C22H26FNO5/c1-14(2)9-10-28-19-8-6-16(11-20(19)27-4)22(26)29-13-21(25)24-17-7-5-15(3)18(23)12-17/h5-8,11-12,14H,9-10,13H2,1-4H3,(H,24,25). The van der Waals surface area contributed by atoms with Crippen molar-refractivity contribution < 1.29 is 28.2 Å². The van der Waals surface area contributed by atoms with E-state index in [0.717, 1.165) is 6.42 Å². The number of ether oxygens (including phenoxy) is 3. The Balaban J connectivity index is 1.92. The maximum Gasteiger partial charge on any atom is 0.338 e. The van der Waals surface area contributed by atoms with Crippen LogP contribution >= 0.6 is 0 Å². The predicted octanol–water partition coefficient (Wildman–Crippen LogP) is 4.36. The number of halogens is 1. The number of nitrogens with one attached hydrogen (secondary N) is 1. The highest BCUT2D eigenvalue weighted by Crippen LogP contribution is 2.28. The van der Waals surface area contributed by atoms with Gasteiger partial charge in [0.05, 0.1) is 19.3 Å². The summed E-state index contributed by atoms with van der Waals surface area (Å²) >= 11 is 0. The number of carbonyl (C=O) groups excluding carboxylic acids is 2. The van der Waals surface area contributed by atoms with Crippen LogP contribution in [0.3, 0.4) is 0 Å². The molecular formula is C22H26FNO5. The normalized spacial score (nSPS) is 10.6. The van der Waals surface area contributed by atoms with Crippen molar-refractivity contribution in [3.05, 3.63) is 53.3 Å². The molecule has 0 aliphatic rings. The van der Waals surface area contributed by atoms with Crippen molar-refractivity contribution in [2.24, 2.45) is 5.92 Å². The Hall–Kier alpha value is -3.09. The summed E-state index contributed by atoms with van der Waals surface area (Å²) in [5.41, 5.74) is 0.992. The summed E-state index contributed by atoms with van der Waals surface area (Å²) in [4.78, 5) is 24.2. The first-order chi connectivity index (χ1) is 13.8. The zero-order chi connectivity index (χ0) is 21.4. The van der Waals surface area contributed by atoms with E-state index in [0.29, 0.717) is 35.3 Å². The van der Waals surface area contributed by atoms with Crippen molar-refractivity contribution in [2.75, 3.05) is 25.6 Å². The predicted molar refractivity (Wildman–Crippen MR) is 108 cm³/mol. The fourth-order valence-corrected chi connectivity index (χ4v) is 2.40. The fraction of sp³-hybridized carbons (Fsp3) is 0.364. The van der Waals surface area contributed by atoms with E-state index in [4.69, 9.17) is 14.2 Å². The highest BCUT2D eigenvalue weighted by molar-refractivity contribution is 5.95. The van der Waals surface area contributed by atoms with Gasteiger partial charge in [-0.05, 0) is 55.2 Å². The van der Waals surface area contributed by atoms with Crippen molar-refractivity contribution in [1.82, 2.24) is 0 Å². The third-order valence-electron chi connectivity index (χ3n) is 4.14. The molecule has 1 amide bonds. The molecule has 2 aromatic rings. The molecule has 0 saturated heterocycles. The van der Waals surface area contributed by atoms with Gasteiger partial charge < -0.3 is 19.5 Å². The summed E-state index contributed by atoms with van der Waals surface area (Å²) in [6.45, 7) is 5.87. The lowest BCUT2D eigenvalue weighted by Crippen LogP contribution is -2.21. The number of aryl methyl sites for hydroxylation is 1. The van der Waals surface area contributed by atoms with Crippen molar-refractivity contribution in [3.8, 4) is 11.5 Å². The number of rotatable bonds is 9. The number of hydrogen-bond acceptors (Lipinski definition) is 5. The Kier molecular flexibility index (Phi) is 8.00. The molecule has 0 aliphatic carbocycles. The Morgan fingerprint density at radius 1 is 1.10 bits per heavy atom. The molecule has 7 heteroatoms. The molecule has 0 bridgehead atoms. The highest BCUT2D eigenvalue weighted by atomic mass is 19.1. The van der Waals surface area contributed by atoms with Gasteiger partial charge in [-0.2, -0.15) is 0 Å². The smallest absolute Gasteiger partial charge is 0.338 e. The second kappa shape index (κ2) is 10.5. The molecule has 0 aliphatic heterocycles. The third kappa shape index (κ3) is 6.78. The zero-order valence-electron chi connectivity index (χ0n) is 17.1. The first kappa shape index (κ1) is 22.2. The number of anilines is 1. The van der Waals surface area contributed by atoms with E-state index >= 15 is 0 Å². The minimum atomic E-state index is -0.678. The van der Waals surface area contributed by atoms with Crippen LogP contribution in [-0.4, -0.2) is 32.2 Å². The minimum absolute atomic E-state index is 0.229. The molecule has 6 nitrogen and oxygen atoms in total. The van der Waals surface area contributed by atoms with Gasteiger partial charge in [0.2, 0.25) is 0 Å². The maximum atomic E-state index is 13.5. The van der Waals surface area contributed by atoms with Gasteiger partial charge in [0.25, 0.3) is 5.91 Å². The molecule has 0 aromatic heterocycles. The molecule has 0 unspecified atom stereocenters. The van der Waals surface area contributed by atoms with Gasteiger partial charge >= 0.3 is 5.97 Å². The summed E-state index contributed by atoms with van der Waals surface area (Å²) in [7, 11) is 1.48. The Morgan fingerprint density at radius 2 is 1.86 bits per heavy atom. The van der Waals surface area contributed by atoms with E-state index in [1.807, 2.05) is 0 Å². The topological polar surface area (TPSA) is 73.9 Å². The van der Waals surface area contributed by atoms with E-state index in [9.17, 15) is 14.0 Å². The minimum Gasteiger partial charge on any atom is -0.493 e. The molecule has 1 N–H and O–H groups in total. The van der Waals surface area contributed by atoms with Crippen LogP contribution in [0.2, 0.25) is 0 Å². The molecule has 0 radical (unpaired) electrons. The first-order valence-corrected chi connectivity index (χ1v) is 9.34. The van der Waals surface area contributed by atoms with Crippen LogP contribution in [-0.2, 0) is 9.53 Å². The van der Waals surface area contributed by atoms with Crippen LogP contribution in [0.5, 0.6) is 11.5 Å². The second-order valence-electron chi connectivity index (χ2n) is 6.98. The molecular weight excluding hydrogens is 377 g/mol. The molecule has 0 heterocycles. The summed E-state index contributed by atoms with van der Waals surface area (Å²) in [6, 6.07) is 9.00. The number of benzene rings is 2. The van der Waals surface area contributed by atoms with Gasteiger partial charge in [-0.15, -0.1) is 0 Å². The van der Waals surface area contributed by atoms with Crippen molar-refractivity contribution in [2.45, 2.75) is 27.2 Å². The van der Waals surface area contributed by atoms with Crippen molar-refractivity contribution >= 4 is 17.6 Å². The quantitative estimate of drug-likeness (QED) is 0.630. The molecule has 2 aromatic carbocycles. The van der Waals surface area contributed by atoms with E-state index in [1.165, 1.54) is 19.2 Å². The van der Waals surface area contributed by atoms with Crippen LogP contribution in [0, 0.1) is 18.7 Å². The lowest BCUT2D eigenvalue weighted by molar-refractivity contribution is -0.119. The van der Waals surface area contributed by atoms with E-state index in [-0.39, 0.29) is 5.56 Å². The molecule has 0 saturated carbocycles. The first-order valence-electron chi connectivity index (χ1n) is 9.34. The Labute approximate surface area is 170 Å². The molecule has 29 heavy (non-hydrogen) atoms. The van der Waals surface area contributed by atoms with Crippen LogP contribution < -0.4 is 14.8 Å². The van der Waals surface area contributed by atoms with Crippen LogP contribution in [0.15, 0.2) is 36.4 Å². The largest absolute Gasteiger partial charge is 0.493 e. The zero-order valence-corrected chi connectivity index (χ0v) is 17.1. The monoisotopic (exact) mass is 403 g/mol. The van der Waals surface area contributed by atoms with Crippen LogP contribution in [0.4, 0.5) is 10.1 Å².